The molecule has 0 atom stereocenters. The van der Waals surface area contributed by atoms with Gasteiger partial charge in [0, 0.05) is 18.6 Å². The molecule has 0 spiro atoms. The lowest BCUT2D eigenvalue weighted by Crippen LogP contribution is -2.46. The predicted molar refractivity (Wildman–Crippen MR) is 78.0 cm³/mol. The maximum absolute atomic E-state index is 13.6. The van der Waals surface area contributed by atoms with Crippen molar-refractivity contribution in [1.29, 1.82) is 0 Å². The Morgan fingerprint density at radius 2 is 2.00 bits per heavy atom. The van der Waals surface area contributed by atoms with Crippen molar-refractivity contribution < 1.29 is 9.18 Å². The van der Waals surface area contributed by atoms with E-state index in [1.165, 1.54) is 6.07 Å². The fourth-order valence-corrected chi connectivity index (χ4v) is 2.73. The molecule has 20 heavy (non-hydrogen) atoms. The molecule has 1 aromatic carbocycles. The molecule has 5 heteroatoms. The summed E-state index contributed by atoms with van der Waals surface area (Å²) in [6.45, 7) is 2.55. The number of amides is 2. The summed E-state index contributed by atoms with van der Waals surface area (Å²) in [5.41, 5.74) is 6.11. The molecule has 0 unspecified atom stereocenters. The van der Waals surface area contributed by atoms with Gasteiger partial charge in [0.15, 0.2) is 0 Å². The number of urea groups is 1. The van der Waals surface area contributed by atoms with Crippen molar-refractivity contribution in [3.8, 4) is 0 Å². The second-order valence-electron chi connectivity index (χ2n) is 5.26. The Balaban J connectivity index is 2.00. The zero-order chi connectivity index (χ0) is 14.5. The third kappa shape index (κ3) is 3.48. The minimum atomic E-state index is -0.414. The highest BCUT2D eigenvalue weighted by molar-refractivity contribution is 5.89. The molecule has 1 aromatic rings. The van der Waals surface area contributed by atoms with Crippen LogP contribution in [0.1, 0.15) is 32.6 Å². The van der Waals surface area contributed by atoms with Gasteiger partial charge in [-0.2, -0.15) is 0 Å². The van der Waals surface area contributed by atoms with E-state index in [1.807, 2.05) is 6.92 Å². The number of nitrogens with one attached hydrogen (secondary N) is 1. The van der Waals surface area contributed by atoms with Crippen molar-refractivity contribution in [3.63, 3.8) is 0 Å². The van der Waals surface area contributed by atoms with E-state index in [0.717, 1.165) is 25.7 Å². The number of nitrogens with two attached hydrogens (primary N) is 1. The molecular formula is C15H22FN3O. The lowest BCUT2D eigenvalue weighted by molar-refractivity contribution is 0.167. The standard InChI is InChI=1S/C15H22FN3O/c1-2-19(12-9-7-11(17)8-10-12)15(20)18-14-6-4-3-5-13(14)16/h3-6,11-12H,2,7-10,17H2,1H3,(H,18,20). The molecule has 3 N–H and O–H groups in total. The van der Waals surface area contributed by atoms with E-state index in [4.69, 9.17) is 5.73 Å². The molecule has 1 saturated carbocycles. The third-order valence-electron chi connectivity index (χ3n) is 3.90. The molecule has 1 aliphatic rings. The molecule has 2 amide bonds. The van der Waals surface area contributed by atoms with Crippen molar-refractivity contribution in [2.24, 2.45) is 5.73 Å². The fourth-order valence-electron chi connectivity index (χ4n) is 2.73. The van der Waals surface area contributed by atoms with Crippen LogP contribution in [0.4, 0.5) is 14.9 Å². The van der Waals surface area contributed by atoms with Gasteiger partial charge >= 0.3 is 6.03 Å². The van der Waals surface area contributed by atoms with Crippen LogP contribution in [0.2, 0.25) is 0 Å². The lowest BCUT2D eigenvalue weighted by atomic mass is 9.91. The van der Waals surface area contributed by atoms with E-state index in [1.54, 1.807) is 23.1 Å². The first kappa shape index (κ1) is 14.8. The molecule has 0 heterocycles. The van der Waals surface area contributed by atoms with Gasteiger partial charge in [-0.05, 0) is 44.7 Å². The third-order valence-corrected chi connectivity index (χ3v) is 3.90. The molecule has 0 bridgehead atoms. The van der Waals surface area contributed by atoms with Gasteiger partial charge in [0.05, 0.1) is 5.69 Å². The first-order valence-electron chi connectivity index (χ1n) is 7.19. The highest BCUT2D eigenvalue weighted by atomic mass is 19.1. The van der Waals surface area contributed by atoms with Crippen LogP contribution in [-0.2, 0) is 0 Å². The number of hydrogen-bond donors (Lipinski definition) is 2. The maximum atomic E-state index is 13.6. The molecule has 0 radical (unpaired) electrons. The maximum Gasteiger partial charge on any atom is 0.322 e. The number of carbonyl (C=O) groups is 1. The summed E-state index contributed by atoms with van der Waals surface area (Å²) in [4.78, 5) is 14.1. The summed E-state index contributed by atoms with van der Waals surface area (Å²) < 4.78 is 13.6. The largest absolute Gasteiger partial charge is 0.328 e. The second kappa shape index (κ2) is 6.70. The number of carbonyl (C=O) groups excluding carboxylic acids is 1. The quantitative estimate of drug-likeness (QED) is 0.893. The minimum Gasteiger partial charge on any atom is -0.328 e. The van der Waals surface area contributed by atoms with Gasteiger partial charge < -0.3 is 16.0 Å². The number of benzene rings is 1. The second-order valence-corrected chi connectivity index (χ2v) is 5.26. The van der Waals surface area contributed by atoms with Crippen molar-refractivity contribution in [2.45, 2.75) is 44.7 Å². The van der Waals surface area contributed by atoms with Gasteiger partial charge in [-0.1, -0.05) is 12.1 Å². The molecule has 4 nitrogen and oxygen atoms in total. The number of para-hydroxylation sites is 1. The average Bonchev–Trinajstić information content (AvgIpc) is 2.44. The first-order valence-corrected chi connectivity index (χ1v) is 7.19. The van der Waals surface area contributed by atoms with E-state index in [9.17, 15) is 9.18 Å². The van der Waals surface area contributed by atoms with E-state index in [0.29, 0.717) is 6.54 Å². The Morgan fingerprint density at radius 1 is 1.35 bits per heavy atom. The summed E-state index contributed by atoms with van der Waals surface area (Å²) >= 11 is 0. The van der Waals surface area contributed by atoms with Gasteiger partial charge in [-0.15, -0.1) is 0 Å². The van der Waals surface area contributed by atoms with Crippen molar-refractivity contribution in [1.82, 2.24) is 4.90 Å². The molecule has 0 aliphatic heterocycles. The zero-order valence-corrected chi connectivity index (χ0v) is 11.8. The Kier molecular flexibility index (Phi) is 4.95. The Bertz CT molecular complexity index is 458. The van der Waals surface area contributed by atoms with Crippen LogP contribution < -0.4 is 11.1 Å². The van der Waals surface area contributed by atoms with Crippen molar-refractivity contribution in [2.75, 3.05) is 11.9 Å². The van der Waals surface area contributed by atoms with Crippen molar-refractivity contribution >= 4 is 11.7 Å². The predicted octanol–water partition coefficient (Wildman–Crippen LogP) is 2.95. The molecule has 2 rings (SSSR count). The van der Waals surface area contributed by atoms with Gasteiger partial charge in [0.25, 0.3) is 0 Å². The molecular weight excluding hydrogens is 257 g/mol. The summed E-state index contributed by atoms with van der Waals surface area (Å²) in [5, 5.41) is 2.65. The van der Waals surface area contributed by atoms with E-state index < -0.39 is 5.82 Å². The van der Waals surface area contributed by atoms with Crippen LogP contribution >= 0.6 is 0 Å². The Hall–Kier alpha value is -1.62. The van der Waals surface area contributed by atoms with Gasteiger partial charge in [0.2, 0.25) is 0 Å². The minimum absolute atomic E-state index is 0.201. The fraction of sp³-hybridized carbons (Fsp3) is 0.533. The molecule has 0 saturated heterocycles. The van der Waals surface area contributed by atoms with Gasteiger partial charge in [-0.25, -0.2) is 9.18 Å². The SMILES string of the molecule is CCN(C(=O)Nc1ccccc1F)C1CCC(N)CC1. The monoisotopic (exact) mass is 279 g/mol. The molecule has 1 aliphatic carbocycles. The van der Waals surface area contributed by atoms with Crippen LogP contribution in [0.5, 0.6) is 0 Å². The average molecular weight is 279 g/mol. The molecule has 110 valence electrons. The summed E-state index contributed by atoms with van der Waals surface area (Å²) in [5.74, 6) is -0.414. The summed E-state index contributed by atoms with van der Waals surface area (Å²) in [7, 11) is 0. The molecule has 0 aromatic heterocycles. The van der Waals surface area contributed by atoms with E-state index in [2.05, 4.69) is 5.32 Å². The van der Waals surface area contributed by atoms with Crippen LogP contribution in [0, 0.1) is 5.82 Å². The zero-order valence-electron chi connectivity index (χ0n) is 11.8. The van der Waals surface area contributed by atoms with Gasteiger partial charge in [-0.3, -0.25) is 0 Å². The van der Waals surface area contributed by atoms with Crippen molar-refractivity contribution in [3.05, 3.63) is 30.1 Å². The topological polar surface area (TPSA) is 58.4 Å². The van der Waals surface area contributed by atoms with Crippen LogP contribution in [0.15, 0.2) is 24.3 Å². The van der Waals surface area contributed by atoms with Crippen LogP contribution in [-0.4, -0.2) is 29.6 Å². The summed E-state index contributed by atoms with van der Waals surface area (Å²) in [6, 6.07) is 6.42. The number of anilines is 1. The number of rotatable bonds is 3. The van der Waals surface area contributed by atoms with Crippen LogP contribution in [0.25, 0.3) is 0 Å². The Labute approximate surface area is 119 Å². The van der Waals surface area contributed by atoms with Crippen LogP contribution in [0.3, 0.4) is 0 Å². The smallest absolute Gasteiger partial charge is 0.322 e. The lowest BCUT2D eigenvalue weighted by Gasteiger charge is -2.35. The highest BCUT2D eigenvalue weighted by Crippen LogP contribution is 2.23. The number of hydrogen-bond acceptors (Lipinski definition) is 2. The summed E-state index contributed by atoms with van der Waals surface area (Å²) in [6.07, 6.45) is 3.71. The first-order chi connectivity index (χ1) is 9.61. The highest BCUT2D eigenvalue weighted by Gasteiger charge is 2.26. The molecule has 1 fully saturated rings. The van der Waals surface area contributed by atoms with Gasteiger partial charge in [0.1, 0.15) is 5.82 Å². The van der Waals surface area contributed by atoms with E-state index in [-0.39, 0.29) is 23.8 Å². The van der Waals surface area contributed by atoms with E-state index >= 15 is 0 Å². The number of halogens is 1. The normalized spacial score (nSPS) is 22.4. The number of nitrogens with zero attached hydrogens (tertiary/aromatic N) is 1. The Morgan fingerprint density at radius 3 is 2.60 bits per heavy atom.